The van der Waals surface area contributed by atoms with Crippen LogP contribution in [-0.2, 0) is 22.4 Å². The van der Waals surface area contributed by atoms with Gasteiger partial charge in [-0.15, -0.1) is 0 Å². The Kier molecular flexibility index (Phi) is 5.80. The highest BCUT2D eigenvalue weighted by Crippen LogP contribution is 2.29. The molecule has 0 atom stereocenters. The van der Waals surface area contributed by atoms with Crippen molar-refractivity contribution < 1.29 is 22.8 Å². The van der Waals surface area contributed by atoms with Gasteiger partial charge < -0.3 is 10.2 Å². The van der Waals surface area contributed by atoms with Crippen LogP contribution in [-0.4, -0.2) is 11.6 Å². The third-order valence-corrected chi connectivity index (χ3v) is 3.36. The molecule has 2 aromatic rings. The van der Waals surface area contributed by atoms with Crippen LogP contribution < -0.4 is 5.32 Å². The summed E-state index contributed by atoms with van der Waals surface area (Å²) in [5.41, 5.74) is 1.21. The van der Waals surface area contributed by atoms with E-state index < -0.39 is 11.7 Å². The molecule has 0 radical (unpaired) electrons. The van der Waals surface area contributed by atoms with Gasteiger partial charge in [-0.05, 0) is 30.7 Å². The summed E-state index contributed by atoms with van der Waals surface area (Å²) in [5, 5.41) is 6.54. The molecule has 0 heterocycles. The molecule has 132 valence electrons. The van der Waals surface area contributed by atoms with Crippen molar-refractivity contribution in [3.63, 3.8) is 0 Å². The van der Waals surface area contributed by atoms with E-state index in [2.05, 4.69) is 10.5 Å². The van der Waals surface area contributed by atoms with E-state index in [1.165, 1.54) is 19.1 Å². The zero-order valence-electron chi connectivity index (χ0n) is 13.7. The molecular weight excluding hydrogens is 333 g/mol. The van der Waals surface area contributed by atoms with Crippen LogP contribution >= 0.6 is 0 Å². The van der Waals surface area contributed by atoms with E-state index in [0.717, 1.165) is 12.1 Å². The van der Waals surface area contributed by atoms with E-state index in [-0.39, 0.29) is 12.5 Å². The smallest absolute Gasteiger partial charge is 0.391 e. The van der Waals surface area contributed by atoms with Gasteiger partial charge in [0.2, 0.25) is 5.91 Å². The fourth-order valence-corrected chi connectivity index (χ4v) is 2.13. The largest absolute Gasteiger partial charge is 0.416 e. The topological polar surface area (TPSA) is 50.7 Å². The normalized spacial score (nSPS) is 12.0. The van der Waals surface area contributed by atoms with E-state index in [4.69, 9.17) is 4.84 Å². The predicted molar refractivity (Wildman–Crippen MR) is 89.2 cm³/mol. The molecule has 7 heteroatoms. The molecule has 0 fully saturated rings. The molecule has 1 N–H and O–H groups in total. The minimum atomic E-state index is -4.41. The molecule has 1 amide bonds. The summed E-state index contributed by atoms with van der Waals surface area (Å²) in [7, 11) is 0. The van der Waals surface area contributed by atoms with E-state index in [0.29, 0.717) is 22.5 Å². The van der Waals surface area contributed by atoms with Crippen LogP contribution in [0, 0.1) is 0 Å². The Morgan fingerprint density at radius 2 is 1.84 bits per heavy atom. The number of carbonyl (C=O) groups excluding carboxylic acids is 1. The fourth-order valence-electron chi connectivity index (χ4n) is 2.13. The molecule has 0 unspecified atom stereocenters. The molecule has 0 saturated heterocycles. The first-order chi connectivity index (χ1) is 11.8. The van der Waals surface area contributed by atoms with Crippen LogP contribution in [0.15, 0.2) is 53.7 Å². The Labute approximate surface area is 143 Å². The lowest BCUT2D eigenvalue weighted by atomic mass is 10.1. The molecule has 0 spiro atoms. The van der Waals surface area contributed by atoms with Gasteiger partial charge in [0.1, 0.15) is 6.61 Å². The molecule has 4 nitrogen and oxygen atoms in total. The summed E-state index contributed by atoms with van der Waals surface area (Å²) in [6.45, 7) is 3.04. The van der Waals surface area contributed by atoms with Crippen LogP contribution in [0.1, 0.15) is 30.5 Å². The average molecular weight is 350 g/mol. The number of hydrogen-bond donors (Lipinski definition) is 1. The standard InChI is InChI=1S/C18H17F3N2O2/c1-12(14-7-5-8-16(10-14)18(19,20)21)23-25-11-15-6-3-4-9-17(15)22-13(2)24/h3-10H,11H2,1-2H3,(H,22,24)/b23-12-. The summed E-state index contributed by atoms with van der Waals surface area (Å²) in [6.07, 6.45) is -4.41. The first-order valence-electron chi connectivity index (χ1n) is 7.47. The zero-order chi connectivity index (χ0) is 18.4. The second-order valence-corrected chi connectivity index (χ2v) is 5.37. The Morgan fingerprint density at radius 1 is 1.12 bits per heavy atom. The minimum absolute atomic E-state index is 0.0761. The van der Waals surface area contributed by atoms with Crippen molar-refractivity contribution in [1.29, 1.82) is 0 Å². The van der Waals surface area contributed by atoms with E-state index in [9.17, 15) is 18.0 Å². The van der Waals surface area contributed by atoms with E-state index >= 15 is 0 Å². The highest BCUT2D eigenvalue weighted by atomic mass is 19.4. The molecule has 0 aliphatic carbocycles. The molecule has 2 rings (SSSR count). The zero-order valence-corrected chi connectivity index (χ0v) is 13.7. The summed E-state index contributed by atoms with van der Waals surface area (Å²) >= 11 is 0. The number of benzene rings is 2. The molecule has 0 aromatic heterocycles. The van der Waals surface area contributed by atoms with Crippen LogP contribution in [0.3, 0.4) is 0 Å². The van der Waals surface area contributed by atoms with Crippen molar-refractivity contribution in [3.8, 4) is 0 Å². The van der Waals surface area contributed by atoms with Crippen LogP contribution in [0.2, 0.25) is 0 Å². The first-order valence-corrected chi connectivity index (χ1v) is 7.47. The third-order valence-electron chi connectivity index (χ3n) is 3.36. The SMILES string of the molecule is CC(=O)Nc1ccccc1CO/N=C(/C)c1cccc(C(F)(F)F)c1. The monoisotopic (exact) mass is 350 g/mol. The van der Waals surface area contributed by atoms with Crippen molar-refractivity contribution in [2.75, 3.05) is 5.32 Å². The Bertz CT molecular complexity index is 786. The quantitative estimate of drug-likeness (QED) is 0.633. The van der Waals surface area contributed by atoms with Gasteiger partial charge in [0.25, 0.3) is 0 Å². The van der Waals surface area contributed by atoms with Gasteiger partial charge in [-0.2, -0.15) is 13.2 Å². The number of alkyl halides is 3. The van der Waals surface area contributed by atoms with Gasteiger partial charge in [-0.3, -0.25) is 4.79 Å². The summed E-state index contributed by atoms with van der Waals surface area (Å²) in [6, 6.07) is 11.9. The van der Waals surface area contributed by atoms with Gasteiger partial charge in [0.05, 0.1) is 11.3 Å². The third kappa shape index (κ3) is 5.34. The van der Waals surface area contributed by atoms with Gasteiger partial charge in [-0.1, -0.05) is 35.5 Å². The van der Waals surface area contributed by atoms with Crippen molar-refractivity contribution in [3.05, 3.63) is 65.2 Å². The molecule has 2 aromatic carbocycles. The highest BCUT2D eigenvalue weighted by molar-refractivity contribution is 5.98. The maximum absolute atomic E-state index is 12.7. The number of hydrogen-bond acceptors (Lipinski definition) is 3. The van der Waals surface area contributed by atoms with Crippen molar-refractivity contribution in [2.45, 2.75) is 26.6 Å². The van der Waals surface area contributed by atoms with Crippen molar-refractivity contribution >= 4 is 17.3 Å². The van der Waals surface area contributed by atoms with Crippen LogP contribution in [0.5, 0.6) is 0 Å². The van der Waals surface area contributed by atoms with Gasteiger partial charge in [-0.25, -0.2) is 0 Å². The maximum atomic E-state index is 12.7. The lowest BCUT2D eigenvalue weighted by molar-refractivity contribution is -0.137. The summed E-state index contributed by atoms with van der Waals surface area (Å²) in [4.78, 5) is 16.4. The fraction of sp³-hybridized carbons (Fsp3) is 0.222. The number of halogens is 3. The van der Waals surface area contributed by atoms with Gasteiger partial charge >= 0.3 is 6.18 Å². The van der Waals surface area contributed by atoms with E-state index in [1.807, 2.05) is 0 Å². The molecule has 0 aliphatic rings. The van der Waals surface area contributed by atoms with Gasteiger partial charge in [0, 0.05) is 18.2 Å². The van der Waals surface area contributed by atoms with Crippen molar-refractivity contribution in [2.24, 2.45) is 5.16 Å². The van der Waals surface area contributed by atoms with Crippen LogP contribution in [0.25, 0.3) is 0 Å². The summed E-state index contributed by atoms with van der Waals surface area (Å²) in [5.74, 6) is -0.212. The number of carbonyl (C=O) groups is 1. The molecular formula is C18H17F3N2O2. The Hall–Kier alpha value is -2.83. The number of anilines is 1. The lowest BCUT2D eigenvalue weighted by Crippen LogP contribution is -2.08. The molecule has 0 bridgehead atoms. The predicted octanol–water partition coefficient (Wildman–Crippen LogP) is 4.60. The second kappa shape index (κ2) is 7.83. The highest BCUT2D eigenvalue weighted by Gasteiger charge is 2.30. The number of para-hydroxylation sites is 1. The number of amides is 1. The number of oxime groups is 1. The summed E-state index contributed by atoms with van der Waals surface area (Å²) < 4.78 is 38.2. The number of rotatable bonds is 5. The second-order valence-electron chi connectivity index (χ2n) is 5.37. The minimum Gasteiger partial charge on any atom is -0.391 e. The van der Waals surface area contributed by atoms with E-state index in [1.54, 1.807) is 31.2 Å². The lowest BCUT2D eigenvalue weighted by Gasteiger charge is -2.10. The van der Waals surface area contributed by atoms with Crippen molar-refractivity contribution in [1.82, 2.24) is 0 Å². The first kappa shape index (κ1) is 18.5. The molecule has 0 saturated carbocycles. The number of nitrogens with zero attached hydrogens (tertiary/aromatic N) is 1. The molecule has 0 aliphatic heterocycles. The van der Waals surface area contributed by atoms with Gasteiger partial charge in [0.15, 0.2) is 0 Å². The number of nitrogens with one attached hydrogen (secondary N) is 1. The van der Waals surface area contributed by atoms with Crippen LogP contribution in [0.4, 0.5) is 18.9 Å². The maximum Gasteiger partial charge on any atom is 0.416 e. The Balaban J connectivity index is 2.09. The Morgan fingerprint density at radius 3 is 2.52 bits per heavy atom. The average Bonchev–Trinajstić information content (AvgIpc) is 2.55. The molecule has 25 heavy (non-hydrogen) atoms.